The summed E-state index contributed by atoms with van der Waals surface area (Å²) in [6, 6.07) is 10.2. The Morgan fingerprint density at radius 1 is 1.21 bits per heavy atom. The Morgan fingerprint density at radius 3 is 2.36 bits per heavy atom. The molecule has 0 N–H and O–H groups in total. The van der Waals surface area contributed by atoms with Crippen LogP contribution in [0.4, 0.5) is 0 Å². The highest BCUT2D eigenvalue weighted by Crippen LogP contribution is 2.65. The van der Waals surface area contributed by atoms with Crippen LogP contribution in [0.1, 0.15) is 24.8 Å². The van der Waals surface area contributed by atoms with Crippen molar-refractivity contribution in [1.82, 2.24) is 0 Å². The molecule has 1 aliphatic heterocycles. The number of terminal acetylenes is 1. The third kappa shape index (κ3) is 0.755. The van der Waals surface area contributed by atoms with E-state index in [2.05, 4.69) is 18.1 Å². The van der Waals surface area contributed by atoms with Gasteiger partial charge in [0.1, 0.15) is 5.60 Å². The van der Waals surface area contributed by atoms with Crippen LogP contribution in [0.5, 0.6) is 0 Å². The first-order valence-corrected chi connectivity index (χ1v) is 5.06. The molecule has 1 heterocycles. The minimum Gasteiger partial charge on any atom is -0.344 e. The second-order valence-corrected chi connectivity index (χ2v) is 4.14. The quantitative estimate of drug-likeness (QED) is 0.482. The Labute approximate surface area is 84.1 Å². The predicted octanol–water partition coefficient (Wildman–Crippen LogP) is 2.47. The van der Waals surface area contributed by atoms with E-state index in [1.54, 1.807) is 0 Å². The molecular weight excluding hydrogens is 172 g/mol. The van der Waals surface area contributed by atoms with Gasteiger partial charge in [0.25, 0.3) is 0 Å². The topological polar surface area (TPSA) is 12.5 Å². The van der Waals surface area contributed by atoms with Gasteiger partial charge in [-0.3, -0.25) is 0 Å². The lowest BCUT2D eigenvalue weighted by Crippen LogP contribution is -2.30. The Morgan fingerprint density at radius 2 is 1.93 bits per heavy atom. The smallest absolute Gasteiger partial charge is 0.183 e. The van der Waals surface area contributed by atoms with E-state index in [-0.39, 0.29) is 5.60 Å². The van der Waals surface area contributed by atoms with Gasteiger partial charge >= 0.3 is 0 Å². The van der Waals surface area contributed by atoms with Gasteiger partial charge in [0, 0.05) is 0 Å². The van der Waals surface area contributed by atoms with Crippen molar-refractivity contribution in [3.8, 4) is 12.3 Å². The van der Waals surface area contributed by atoms with Crippen LogP contribution >= 0.6 is 0 Å². The second kappa shape index (κ2) is 2.40. The molecule has 14 heavy (non-hydrogen) atoms. The summed E-state index contributed by atoms with van der Waals surface area (Å²) in [5.74, 6) is 2.84. The van der Waals surface area contributed by atoms with Gasteiger partial charge in [-0.2, -0.15) is 0 Å². The van der Waals surface area contributed by atoms with Crippen molar-refractivity contribution in [2.75, 3.05) is 0 Å². The predicted molar refractivity (Wildman–Crippen MR) is 54.6 cm³/mol. The fraction of sp³-hybridized carbons (Fsp3) is 0.385. The fourth-order valence-corrected chi connectivity index (χ4v) is 2.46. The molecule has 1 saturated carbocycles. The minimum absolute atomic E-state index is 0.00308. The molecule has 1 atom stereocenters. The Hall–Kier alpha value is -1.26. The van der Waals surface area contributed by atoms with Gasteiger partial charge in [0.05, 0.1) is 0 Å². The summed E-state index contributed by atoms with van der Waals surface area (Å²) in [4.78, 5) is 0. The molecule has 0 radical (unpaired) electrons. The summed E-state index contributed by atoms with van der Waals surface area (Å²) in [5, 5.41) is 0. The van der Waals surface area contributed by atoms with Crippen molar-refractivity contribution >= 4 is 0 Å². The zero-order chi connectivity index (χ0) is 9.65. The average Bonchev–Trinajstić information content (AvgIpc) is 2.90. The van der Waals surface area contributed by atoms with E-state index < -0.39 is 5.60 Å². The molecule has 0 bridgehead atoms. The standard InChI is InChI=1S/C13H12O/c1-2-13(11-7-4-3-5-8-11)12(14-13)9-6-10-12/h1,3-5,7-8H,6,9-10H2. The molecule has 1 aromatic rings. The second-order valence-electron chi connectivity index (χ2n) is 4.14. The van der Waals surface area contributed by atoms with E-state index in [9.17, 15) is 0 Å². The van der Waals surface area contributed by atoms with Crippen LogP contribution in [-0.2, 0) is 10.3 Å². The number of rotatable bonds is 1. The highest BCUT2D eigenvalue weighted by molar-refractivity contribution is 5.44. The maximum Gasteiger partial charge on any atom is 0.183 e. The van der Waals surface area contributed by atoms with Gasteiger partial charge in [-0.1, -0.05) is 36.3 Å². The minimum atomic E-state index is -0.396. The van der Waals surface area contributed by atoms with Crippen molar-refractivity contribution in [2.45, 2.75) is 30.5 Å². The van der Waals surface area contributed by atoms with Gasteiger partial charge in [-0.25, -0.2) is 0 Å². The first-order chi connectivity index (χ1) is 6.83. The third-order valence-corrected chi connectivity index (χ3v) is 3.49. The molecule has 1 aliphatic carbocycles. The van der Waals surface area contributed by atoms with Gasteiger partial charge in [0.15, 0.2) is 5.60 Å². The molecule has 1 nitrogen and oxygen atoms in total. The zero-order valence-electron chi connectivity index (χ0n) is 7.99. The molecule has 1 spiro atoms. The molecule has 2 fully saturated rings. The maximum absolute atomic E-state index is 5.83. The highest BCUT2D eigenvalue weighted by atomic mass is 16.6. The summed E-state index contributed by atoms with van der Waals surface area (Å²) >= 11 is 0. The van der Waals surface area contributed by atoms with E-state index in [1.165, 1.54) is 6.42 Å². The van der Waals surface area contributed by atoms with Crippen molar-refractivity contribution in [3.05, 3.63) is 35.9 Å². The Kier molecular flexibility index (Phi) is 1.39. The van der Waals surface area contributed by atoms with Gasteiger partial charge < -0.3 is 4.74 Å². The van der Waals surface area contributed by atoms with Crippen molar-refractivity contribution in [3.63, 3.8) is 0 Å². The number of epoxide rings is 1. The Bertz CT molecular complexity index is 397. The van der Waals surface area contributed by atoms with E-state index >= 15 is 0 Å². The van der Waals surface area contributed by atoms with E-state index in [0.29, 0.717) is 0 Å². The lowest BCUT2D eigenvalue weighted by molar-refractivity contribution is 0.196. The number of benzene rings is 1. The summed E-state index contributed by atoms with van der Waals surface area (Å²) in [6.45, 7) is 0. The van der Waals surface area contributed by atoms with Crippen molar-refractivity contribution in [2.24, 2.45) is 0 Å². The molecule has 1 unspecified atom stereocenters. The van der Waals surface area contributed by atoms with Crippen LogP contribution < -0.4 is 0 Å². The van der Waals surface area contributed by atoms with Crippen LogP contribution in [-0.4, -0.2) is 5.60 Å². The summed E-state index contributed by atoms with van der Waals surface area (Å²) < 4.78 is 5.83. The summed E-state index contributed by atoms with van der Waals surface area (Å²) in [7, 11) is 0. The largest absolute Gasteiger partial charge is 0.344 e. The molecule has 0 amide bonds. The van der Waals surface area contributed by atoms with Crippen molar-refractivity contribution in [1.29, 1.82) is 0 Å². The monoisotopic (exact) mass is 184 g/mol. The van der Waals surface area contributed by atoms with Gasteiger partial charge in [0.2, 0.25) is 0 Å². The van der Waals surface area contributed by atoms with E-state index in [0.717, 1.165) is 18.4 Å². The van der Waals surface area contributed by atoms with Crippen molar-refractivity contribution < 1.29 is 4.74 Å². The normalized spacial score (nSPS) is 31.9. The first kappa shape index (κ1) is 8.08. The van der Waals surface area contributed by atoms with Crippen LogP contribution in [0.2, 0.25) is 0 Å². The third-order valence-electron chi connectivity index (χ3n) is 3.49. The fourth-order valence-electron chi connectivity index (χ4n) is 2.46. The number of hydrogen-bond donors (Lipinski definition) is 0. The lowest BCUT2D eigenvalue weighted by atomic mass is 9.73. The zero-order valence-corrected chi connectivity index (χ0v) is 7.99. The molecule has 70 valence electrons. The van der Waals surface area contributed by atoms with E-state index in [4.69, 9.17) is 11.2 Å². The maximum atomic E-state index is 5.83. The van der Waals surface area contributed by atoms with Crippen LogP contribution in [0.25, 0.3) is 0 Å². The first-order valence-electron chi connectivity index (χ1n) is 5.06. The molecule has 3 rings (SSSR count). The van der Waals surface area contributed by atoms with Gasteiger partial charge in [-0.05, 0) is 24.8 Å². The number of ether oxygens (including phenoxy) is 1. The molecule has 0 aromatic heterocycles. The van der Waals surface area contributed by atoms with Crippen LogP contribution in [0.3, 0.4) is 0 Å². The summed E-state index contributed by atoms with van der Waals surface area (Å²) in [5.41, 5.74) is 0.748. The SMILES string of the molecule is C#CC1(c2ccccc2)OC12CCC2. The number of hydrogen-bond acceptors (Lipinski definition) is 1. The van der Waals surface area contributed by atoms with Gasteiger partial charge in [-0.15, -0.1) is 6.42 Å². The molecule has 1 aromatic carbocycles. The molecule has 1 heteroatoms. The van der Waals surface area contributed by atoms with Crippen LogP contribution in [0, 0.1) is 12.3 Å². The lowest BCUT2D eigenvalue weighted by Gasteiger charge is -2.24. The highest BCUT2D eigenvalue weighted by Gasteiger charge is 2.72. The molecule has 1 saturated heterocycles. The summed E-state index contributed by atoms with van der Waals surface area (Å²) in [6.07, 6.45) is 9.09. The van der Waals surface area contributed by atoms with Crippen LogP contribution in [0.15, 0.2) is 30.3 Å². The van der Waals surface area contributed by atoms with E-state index in [1.807, 2.05) is 18.2 Å². The average molecular weight is 184 g/mol. The Balaban J connectivity index is 2.02. The molecule has 2 aliphatic rings. The molecular formula is C13H12O.